The van der Waals surface area contributed by atoms with Crippen molar-refractivity contribution in [3.8, 4) is 22.5 Å². The normalized spacial score (nSPS) is 10.9. The summed E-state index contributed by atoms with van der Waals surface area (Å²) in [5, 5.41) is 0. The van der Waals surface area contributed by atoms with E-state index in [0.29, 0.717) is 0 Å². The maximum atomic E-state index is 4.60. The van der Waals surface area contributed by atoms with Crippen LogP contribution in [-0.4, -0.2) is 15.0 Å². The van der Waals surface area contributed by atoms with Crippen molar-refractivity contribution >= 4 is 11.2 Å². The number of pyridine rings is 1. The number of aromatic nitrogens is 3. The molecule has 3 nitrogen and oxygen atoms in total. The first-order valence-corrected chi connectivity index (χ1v) is 6.87. The van der Waals surface area contributed by atoms with Gasteiger partial charge in [-0.2, -0.15) is 0 Å². The quantitative estimate of drug-likeness (QED) is 0.591. The molecule has 0 amide bonds. The molecule has 0 saturated heterocycles. The third-order valence-corrected chi connectivity index (χ3v) is 3.52. The Labute approximate surface area is 122 Å². The van der Waals surface area contributed by atoms with Gasteiger partial charge in [0.25, 0.3) is 0 Å². The highest BCUT2D eigenvalue weighted by Crippen LogP contribution is 2.30. The van der Waals surface area contributed by atoms with Crippen LogP contribution < -0.4 is 0 Å². The lowest BCUT2D eigenvalue weighted by atomic mass is 9.99. The van der Waals surface area contributed by atoms with Crippen LogP contribution in [0.4, 0.5) is 0 Å². The second-order valence-electron chi connectivity index (χ2n) is 4.87. The fourth-order valence-electron chi connectivity index (χ4n) is 2.53. The molecule has 100 valence electrons. The second-order valence-corrected chi connectivity index (χ2v) is 4.87. The summed E-state index contributed by atoms with van der Waals surface area (Å²) in [6.45, 7) is 0. The summed E-state index contributed by atoms with van der Waals surface area (Å²) in [6.07, 6.45) is 1.76. The van der Waals surface area contributed by atoms with Gasteiger partial charge in [0.15, 0.2) is 5.65 Å². The first-order chi connectivity index (χ1) is 10.4. The number of benzene rings is 2. The topological polar surface area (TPSA) is 41.6 Å². The lowest BCUT2D eigenvalue weighted by Gasteiger charge is -2.07. The fourth-order valence-corrected chi connectivity index (χ4v) is 2.53. The van der Waals surface area contributed by atoms with Gasteiger partial charge in [-0.25, -0.2) is 9.97 Å². The van der Waals surface area contributed by atoms with E-state index in [1.165, 1.54) is 5.56 Å². The Kier molecular flexibility index (Phi) is 2.75. The highest BCUT2D eigenvalue weighted by atomic mass is 15.0. The van der Waals surface area contributed by atoms with Crippen molar-refractivity contribution in [2.75, 3.05) is 0 Å². The monoisotopic (exact) mass is 271 g/mol. The zero-order valence-corrected chi connectivity index (χ0v) is 11.3. The number of hydrogen-bond donors (Lipinski definition) is 1. The van der Waals surface area contributed by atoms with Crippen molar-refractivity contribution in [2.24, 2.45) is 0 Å². The number of nitrogens with one attached hydrogen (secondary N) is 1. The molecule has 0 fully saturated rings. The number of H-pyrrole nitrogens is 1. The minimum absolute atomic E-state index is 0.746. The summed E-state index contributed by atoms with van der Waals surface area (Å²) in [4.78, 5) is 12.2. The SMILES string of the molecule is c1ccc(-c2ccccc2-c2nc3ncccc3[nH]2)cc1. The van der Waals surface area contributed by atoms with Crippen molar-refractivity contribution in [3.05, 3.63) is 72.9 Å². The predicted molar refractivity (Wildman–Crippen MR) is 84.8 cm³/mol. The molecule has 0 bridgehead atoms. The summed E-state index contributed by atoms with van der Waals surface area (Å²) >= 11 is 0. The number of rotatable bonds is 2. The molecule has 0 unspecified atom stereocenters. The first-order valence-electron chi connectivity index (χ1n) is 6.87. The molecule has 3 heteroatoms. The van der Waals surface area contributed by atoms with Crippen LogP contribution in [-0.2, 0) is 0 Å². The molecule has 21 heavy (non-hydrogen) atoms. The van der Waals surface area contributed by atoms with Gasteiger partial charge in [0.2, 0.25) is 0 Å². The predicted octanol–water partition coefficient (Wildman–Crippen LogP) is 4.29. The Morgan fingerprint density at radius 1 is 0.714 bits per heavy atom. The maximum Gasteiger partial charge on any atom is 0.178 e. The van der Waals surface area contributed by atoms with Gasteiger partial charge >= 0.3 is 0 Å². The van der Waals surface area contributed by atoms with Crippen molar-refractivity contribution in [1.29, 1.82) is 0 Å². The molecule has 0 atom stereocenters. The number of fused-ring (bicyclic) bond motifs is 1. The Balaban J connectivity index is 1.93. The van der Waals surface area contributed by atoms with Crippen LogP contribution in [0, 0.1) is 0 Å². The molecule has 0 radical (unpaired) electrons. The largest absolute Gasteiger partial charge is 0.337 e. The molecule has 4 aromatic rings. The van der Waals surface area contributed by atoms with Gasteiger partial charge in [0, 0.05) is 11.8 Å². The van der Waals surface area contributed by atoms with Crippen LogP contribution in [0.1, 0.15) is 0 Å². The van der Waals surface area contributed by atoms with Crippen molar-refractivity contribution < 1.29 is 0 Å². The maximum absolute atomic E-state index is 4.60. The number of imidazole rings is 1. The standard InChI is InChI=1S/C18H13N3/c1-2-7-13(8-3-1)14-9-4-5-10-15(14)17-20-16-11-6-12-19-18(16)21-17/h1-12H,(H,19,20,21). The second kappa shape index (κ2) is 4.87. The van der Waals surface area contributed by atoms with Gasteiger partial charge in [-0.3, -0.25) is 0 Å². The zero-order valence-electron chi connectivity index (χ0n) is 11.3. The lowest BCUT2D eigenvalue weighted by molar-refractivity contribution is 1.30. The van der Waals surface area contributed by atoms with Crippen molar-refractivity contribution in [3.63, 3.8) is 0 Å². The summed E-state index contributed by atoms with van der Waals surface area (Å²) in [5.74, 6) is 0.850. The van der Waals surface area contributed by atoms with Gasteiger partial charge in [-0.05, 0) is 23.3 Å². The van der Waals surface area contributed by atoms with E-state index >= 15 is 0 Å². The molecule has 0 saturated carbocycles. The van der Waals surface area contributed by atoms with Crippen LogP contribution in [0.5, 0.6) is 0 Å². The van der Waals surface area contributed by atoms with E-state index in [1.54, 1.807) is 6.20 Å². The van der Waals surface area contributed by atoms with Gasteiger partial charge in [0.05, 0.1) is 5.52 Å². The fraction of sp³-hybridized carbons (Fsp3) is 0. The zero-order chi connectivity index (χ0) is 14.1. The molecular formula is C18H13N3. The molecule has 2 aromatic heterocycles. The first kappa shape index (κ1) is 11.9. The molecule has 2 aromatic carbocycles. The van der Waals surface area contributed by atoms with Crippen molar-refractivity contribution in [1.82, 2.24) is 15.0 Å². The average molecular weight is 271 g/mol. The minimum Gasteiger partial charge on any atom is -0.337 e. The molecule has 0 spiro atoms. The Morgan fingerprint density at radius 3 is 2.29 bits per heavy atom. The Bertz CT molecular complexity index is 861. The highest BCUT2D eigenvalue weighted by Gasteiger charge is 2.10. The van der Waals surface area contributed by atoms with E-state index in [-0.39, 0.29) is 0 Å². The summed E-state index contributed by atoms with van der Waals surface area (Å²) in [7, 11) is 0. The molecule has 2 heterocycles. The van der Waals surface area contributed by atoms with E-state index in [1.807, 2.05) is 42.5 Å². The smallest absolute Gasteiger partial charge is 0.178 e. The highest BCUT2D eigenvalue weighted by molar-refractivity contribution is 5.84. The van der Waals surface area contributed by atoms with Gasteiger partial charge < -0.3 is 4.98 Å². The van der Waals surface area contributed by atoms with Gasteiger partial charge in [-0.1, -0.05) is 54.6 Å². The van der Waals surface area contributed by atoms with Gasteiger partial charge in [0.1, 0.15) is 5.82 Å². The van der Waals surface area contributed by atoms with E-state index in [2.05, 4.69) is 39.2 Å². The van der Waals surface area contributed by atoms with Gasteiger partial charge in [-0.15, -0.1) is 0 Å². The van der Waals surface area contributed by atoms with Crippen molar-refractivity contribution in [2.45, 2.75) is 0 Å². The average Bonchev–Trinajstić information content (AvgIpc) is 2.99. The van der Waals surface area contributed by atoms with E-state index in [4.69, 9.17) is 0 Å². The third-order valence-electron chi connectivity index (χ3n) is 3.52. The third kappa shape index (κ3) is 2.09. The summed E-state index contributed by atoms with van der Waals surface area (Å²) in [5.41, 5.74) is 5.13. The van der Waals surface area contributed by atoms with E-state index < -0.39 is 0 Å². The molecule has 0 aliphatic heterocycles. The number of hydrogen-bond acceptors (Lipinski definition) is 2. The van der Waals surface area contributed by atoms with Crippen LogP contribution in [0.15, 0.2) is 72.9 Å². The summed E-state index contributed by atoms with van der Waals surface area (Å²) < 4.78 is 0. The van der Waals surface area contributed by atoms with Crippen LogP contribution in [0.2, 0.25) is 0 Å². The number of aromatic amines is 1. The Morgan fingerprint density at radius 2 is 1.48 bits per heavy atom. The van der Waals surface area contributed by atoms with Crippen LogP contribution in [0.25, 0.3) is 33.7 Å². The molecule has 0 aliphatic rings. The number of nitrogens with zero attached hydrogens (tertiary/aromatic N) is 2. The molecular weight excluding hydrogens is 258 g/mol. The van der Waals surface area contributed by atoms with Crippen LogP contribution >= 0.6 is 0 Å². The molecule has 4 rings (SSSR count). The van der Waals surface area contributed by atoms with E-state index in [0.717, 1.165) is 28.1 Å². The summed E-state index contributed by atoms with van der Waals surface area (Å²) in [6, 6.07) is 22.5. The lowest BCUT2D eigenvalue weighted by Crippen LogP contribution is -1.86. The minimum atomic E-state index is 0.746. The molecule has 1 N–H and O–H groups in total. The van der Waals surface area contributed by atoms with E-state index in [9.17, 15) is 0 Å². The van der Waals surface area contributed by atoms with Crippen LogP contribution in [0.3, 0.4) is 0 Å². The molecule has 0 aliphatic carbocycles. The Hall–Kier alpha value is -2.94.